The molecule has 0 fully saturated rings. The van der Waals surface area contributed by atoms with Gasteiger partial charge in [-0.3, -0.25) is 9.59 Å². The predicted octanol–water partition coefficient (Wildman–Crippen LogP) is 2.87. The zero-order valence-electron chi connectivity index (χ0n) is 13.9. The predicted molar refractivity (Wildman–Crippen MR) is 95.3 cm³/mol. The Morgan fingerprint density at radius 3 is 2.69 bits per heavy atom. The van der Waals surface area contributed by atoms with Crippen LogP contribution in [0.2, 0.25) is 0 Å². The van der Waals surface area contributed by atoms with E-state index in [4.69, 9.17) is 4.74 Å². The lowest BCUT2D eigenvalue weighted by molar-refractivity contribution is -0.114. The Morgan fingerprint density at radius 1 is 1.15 bits per heavy atom. The maximum Gasteiger partial charge on any atom is 0.340 e. The molecule has 0 aliphatic rings. The summed E-state index contributed by atoms with van der Waals surface area (Å²) in [5.74, 6) is -1.61. The molecule has 0 bridgehead atoms. The second-order valence-electron chi connectivity index (χ2n) is 5.66. The monoisotopic (exact) mass is 352 g/mol. The SMILES string of the molecule is CC(=O)Nc1cc(C(=O)COC(=O)c2c[nH]c3ccccc23)ccc1O. The molecule has 0 radical (unpaired) electrons. The van der Waals surface area contributed by atoms with E-state index in [-0.39, 0.29) is 22.9 Å². The number of fused-ring (bicyclic) bond motifs is 1. The Labute approximate surface area is 148 Å². The van der Waals surface area contributed by atoms with E-state index >= 15 is 0 Å². The molecule has 3 rings (SSSR count). The number of carbonyl (C=O) groups excluding carboxylic acids is 3. The highest BCUT2D eigenvalue weighted by molar-refractivity contribution is 6.06. The van der Waals surface area contributed by atoms with E-state index in [0.29, 0.717) is 10.9 Å². The lowest BCUT2D eigenvalue weighted by Gasteiger charge is -2.08. The Kier molecular flexibility index (Phi) is 4.70. The number of benzene rings is 2. The van der Waals surface area contributed by atoms with Gasteiger partial charge in [-0.25, -0.2) is 4.79 Å². The van der Waals surface area contributed by atoms with Crippen molar-refractivity contribution in [1.82, 2.24) is 4.98 Å². The van der Waals surface area contributed by atoms with Crippen LogP contribution < -0.4 is 5.32 Å². The maximum absolute atomic E-state index is 12.3. The van der Waals surface area contributed by atoms with Crippen LogP contribution in [0.5, 0.6) is 5.75 Å². The minimum atomic E-state index is -0.614. The minimum Gasteiger partial charge on any atom is -0.506 e. The molecule has 1 heterocycles. The molecule has 3 N–H and O–H groups in total. The fraction of sp³-hybridized carbons (Fsp3) is 0.105. The summed E-state index contributed by atoms with van der Waals surface area (Å²) in [7, 11) is 0. The number of ether oxygens (including phenoxy) is 1. The van der Waals surface area contributed by atoms with Crippen molar-refractivity contribution in [3.63, 3.8) is 0 Å². The Hall–Kier alpha value is -3.61. The van der Waals surface area contributed by atoms with Gasteiger partial charge in [0.2, 0.25) is 5.91 Å². The fourth-order valence-corrected chi connectivity index (χ4v) is 2.53. The van der Waals surface area contributed by atoms with Gasteiger partial charge in [0.1, 0.15) is 5.75 Å². The molecule has 1 amide bonds. The molecular formula is C19H16N2O5. The third-order valence-electron chi connectivity index (χ3n) is 3.77. The summed E-state index contributed by atoms with van der Waals surface area (Å²) < 4.78 is 5.10. The standard InChI is InChI=1S/C19H16N2O5/c1-11(22)21-16-8-12(6-7-17(16)23)18(24)10-26-19(25)14-9-20-15-5-3-2-4-13(14)15/h2-9,20,23H,10H2,1H3,(H,21,22). The summed E-state index contributed by atoms with van der Waals surface area (Å²) in [5.41, 5.74) is 1.46. The van der Waals surface area contributed by atoms with E-state index in [1.807, 2.05) is 12.1 Å². The largest absolute Gasteiger partial charge is 0.506 e. The van der Waals surface area contributed by atoms with Gasteiger partial charge in [-0.2, -0.15) is 0 Å². The van der Waals surface area contributed by atoms with Crippen LogP contribution >= 0.6 is 0 Å². The molecular weight excluding hydrogens is 336 g/mol. The molecule has 0 aliphatic heterocycles. The van der Waals surface area contributed by atoms with Gasteiger partial charge in [-0.05, 0) is 24.3 Å². The molecule has 132 valence electrons. The van der Waals surface area contributed by atoms with Crippen molar-refractivity contribution in [2.75, 3.05) is 11.9 Å². The van der Waals surface area contributed by atoms with Gasteiger partial charge >= 0.3 is 5.97 Å². The van der Waals surface area contributed by atoms with Crippen LogP contribution in [0.25, 0.3) is 10.9 Å². The number of para-hydroxylation sites is 1. The Bertz CT molecular complexity index is 1010. The third kappa shape index (κ3) is 3.56. The average molecular weight is 352 g/mol. The highest BCUT2D eigenvalue weighted by Crippen LogP contribution is 2.24. The van der Waals surface area contributed by atoms with Gasteiger partial charge in [0.05, 0.1) is 11.3 Å². The molecule has 0 unspecified atom stereocenters. The van der Waals surface area contributed by atoms with E-state index in [2.05, 4.69) is 10.3 Å². The molecule has 2 aromatic carbocycles. The van der Waals surface area contributed by atoms with Crippen molar-refractivity contribution in [2.24, 2.45) is 0 Å². The molecule has 0 spiro atoms. The summed E-state index contributed by atoms with van der Waals surface area (Å²) in [6.07, 6.45) is 1.53. The number of aromatic nitrogens is 1. The zero-order chi connectivity index (χ0) is 18.7. The van der Waals surface area contributed by atoms with Crippen molar-refractivity contribution in [3.05, 3.63) is 59.8 Å². The first-order valence-electron chi connectivity index (χ1n) is 7.83. The first kappa shape index (κ1) is 17.2. The Morgan fingerprint density at radius 2 is 1.92 bits per heavy atom. The molecule has 7 heteroatoms. The first-order valence-corrected chi connectivity index (χ1v) is 7.83. The number of phenols is 1. The van der Waals surface area contributed by atoms with Gasteiger partial charge in [0, 0.05) is 29.6 Å². The molecule has 0 atom stereocenters. The van der Waals surface area contributed by atoms with Crippen LogP contribution in [0.1, 0.15) is 27.6 Å². The van der Waals surface area contributed by atoms with E-state index in [1.165, 1.54) is 31.3 Å². The number of phenolic OH excluding ortho intramolecular Hbond substituents is 1. The second-order valence-corrected chi connectivity index (χ2v) is 5.66. The van der Waals surface area contributed by atoms with Crippen LogP contribution in [-0.4, -0.2) is 34.4 Å². The van der Waals surface area contributed by atoms with Crippen LogP contribution in [0.3, 0.4) is 0 Å². The summed E-state index contributed by atoms with van der Waals surface area (Å²) in [6, 6.07) is 11.3. The highest BCUT2D eigenvalue weighted by atomic mass is 16.5. The van der Waals surface area contributed by atoms with Gasteiger partial charge in [0.15, 0.2) is 12.4 Å². The van der Waals surface area contributed by atoms with Crippen LogP contribution in [0, 0.1) is 0 Å². The highest BCUT2D eigenvalue weighted by Gasteiger charge is 2.16. The van der Waals surface area contributed by atoms with Gasteiger partial charge in [-0.15, -0.1) is 0 Å². The fourth-order valence-electron chi connectivity index (χ4n) is 2.53. The van der Waals surface area contributed by atoms with Crippen molar-refractivity contribution < 1.29 is 24.2 Å². The van der Waals surface area contributed by atoms with Crippen LogP contribution in [-0.2, 0) is 9.53 Å². The lowest BCUT2D eigenvalue weighted by Crippen LogP contribution is -2.14. The van der Waals surface area contributed by atoms with Crippen LogP contribution in [0.4, 0.5) is 5.69 Å². The minimum absolute atomic E-state index is 0.117. The maximum atomic E-state index is 12.3. The van der Waals surface area contributed by atoms with Crippen molar-refractivity contribution in [3.8, 4) is 5.75 Å². The quantitative estimate of drug-likeness (QED) is 0.372. The normalized spacial score (nSPS) is 10.5. The summed E-state index contributed by atoms with van der Waals surface area (Å²) in [6.45, 7) is 0.833. The van der Waals surface area contributed by atoms with Gasteiger partial charge in [-0.1, -0.05) is 18.2 Å². The summed E-state index contributed by atoms with van der Waals surface area (Å²) in [4.78, 5) is 38.6. The Balaban J connectivity index is 1.70. The number of anilines is 1. The number of aromatic hydroxyl groups is 1. The second kappa shape index (κ2) is 7.10. The zero-order valence-corrected chi connectivity index (χ0v) is 13.9. The number of nitrogens with one attached hydrogen (secondary N) is 2. The van der Waals surface area contributed by atoms with Gasteiger partial charge in [0.25, 0.3) is 0 Å². The molecule has 26 heavy (non-hydrogen) atoms. The molecule has 1 aromatic heterocycles. The molecule has 0 aliphatic carbocycles. The lowest BCUT2D eigenvalue weighted by atomic mass is 10.1. The van der Waals surface area contributed by atoms with Crippen molar-refractivity contribution in [1.29, 1.82) is 0 Å². The molecule has 0 saturated heterocycles. The smallest absolute Gasteiger partial charge is 0.340 e. The number of Topliss-reactive ketones (excluding diaryl/α,β-unsaturated/α-hetero) is 1. The molecule has 7 nitrogen and oxygen atoms in total. The number of H-pyrrole nitrogens is 1. The third-order valence-corrected chi connectivity index (χ3v) is 3.77. The average Bonchev–Trinajstić information content (AvgIpc) is 3.05. The van der Waals surface area contributed by atoms with Gasteiger partial charge < -0.3 is 20.1 Å². The van der Waals surface area contributed by atoms with E-state index in [1.54, 1.807) is 12.1 Å². The van der Waals surface area contributed by atoms with Crippen molar-refractivity contribution in [2.45, 2.75) is 6.92 Å². The number of esters is 1. The number of carbonyl (C=O) groups is 3. The first-order chi connectivity index (χ1) is 12.5. The number of aromatic amines is 1. The topological polar surface area (TPSA) is 108 Å². The van der Waals surface area contributed by atoms with E-state index in [9.17, 15) is 19.5 Å². The van der Waals surface area contributed by atoms with Crippen molar-refractivity contribution >= 4 is 34.3 Å². The number of hydrogen-bond acceptors (Lipinski definition) is 5. The number of ketones is 1. The van der Waals surface area contributed by atoms with Crippen LogP contribution in [0.15, 0.2) is 48.7 Å². The van der Waals surface area contributed by atoms with E-state index in [0.717, 1.165) is 5.52 Å². The number of amides is 1. The summed E-state index contributed by atoms with van der Waals surface area (Å²) >= 11 is 0. The summed E-state index contributed by atoms with van der Waals surface area (Å²) in [5, 5.41) is 12.8. The molecule has 0 saturated carbocycles. The number of hydrogen-bond donors (Lipinski definition) is 3. The number of rotatable bonds is 5. The van der Waals surface area contributed by atoms with E-state index < -0.39 is 18.4 Å². The molecule has 3 aromatic rings.